The van der Waals surface area contributed by atoms with Gasteiger partial charge in [0.15, 0.2) is 0 Å². The summed E-state index contributed by atoms with van der Waals surface area (Å²) < 4.78 is 13.1. The molecule has 2 rings (SSSR count). The molecule has 0 radical (unpaired) electrons. The van der Waals surface area contributed by atoms with Crippen LogP contribution in [-0.2, 0) is 4.79 Å². The molecule has 0 unspecified atom stereocenters. The Hall–Kier alpha value is -3.29. The van der Waals surface area contributed by atoms with E-state index >= 15 is 0 Å². The number of amides is 1. The lowest BCUT2D eigenvalue weighted by atomic mass is 10.1. The van der Waals surface area contributed by atoms with Crippen LogP contribution in [0.15, 0.2) is 42.5 Å². The highest BCUT2D eigenvalue weighted by molar-refractivity contribution is 5.94. The van der Waals surface area contributed by atoms with Crippen molar-refractivity contribution in [3.05, 3.63) is 64.0 Å². The molecule has 0 aliphatic carbocycles. The summed E-state index contributed by atoms with van der Waals surface area (Å²) in [5.41, 5.74) is 0.378. The molecule has 0 fully saturated rings. The van der Waals surface area contributed by atoms with Gasteiger partial charge in [-0.05, 0) is 30.3 Å². The van der Waals surface area contributed by atoms with Gasteiger partial charge in [-0.2, -0.15) is 0 Å². The Balaban J connectivity index is 2.14. The standard InChI is InChI=1S/C16H14FN3O4/c1-19(9-16(22)18-13-4-2-3-12(17)8-13)14-6-5-11(10-21)7-15(14)20(23)24/h2-8,10H,9H2,1H3,(H,18,22). The monoisotopic (exact) mass is 331 g/mol. The van der Waals surface area contributed by atoms with Gasteiger partial charge in [0.05, 0.1) is 11.5 Å². The summed E-state index contributed by atoms with van der Waals surface area (Å²) in [7, 11) is 1.51. The lowest BCUT2D eigenvalue weighted by Crippen LogP contribution is -2.30. The highest BCUT2D eigenvalue weighted by Crippen LogP contribution is 2.28. The number of rotatable bonds is 6. The lowest BCUT2D eigenvalue weighted by molar-refractivity contribution is -0.384. The molecule has 1 N–H and O–H groups in total. The average Bonchev–Trinajstić information content (AvgIpc) is 2.53. The Morgan fingerprint density at radius 2 is 2.08 bits per heavy atom. The number of hydrogen-bond donors (Lipinski definition) is 1. The van der Waals surface area contributed by atoms with E-state index < -0.39 is 16.6 Å². The number of likely N-dealkylation sites (N-methyl/N-ethyl adjacent to an activating group) is 1. The van der Waals surface area contributed by atoms with E-state index in [9.17, 15) is 24.1 Å². The van der Waals surface area contributed by atoms with E-state index in [0.29, 0.717) is 12.0 Å². The first kappa shape index (κ1) is 17.1. The van der Waals surface area contributed by atoms with Crippen molar-refractivity contribution in [3.8, 4) is 0 Å². The number of carbonyl (C=O) groups is 2. The molecule has 2 aromatic carbocycles. The zero-order chi connectivity index (χ0) is 17.7. The third-order valence-corrected chi connectivity index (χ3v) is 3.23. The van der Waals surface area contributed by atoms with Crippen molar-refractivity contribution in [1.29, 1.82) is 0 Å². The zero-order valence-corrected chi connectivity index (χ0v) is 12.7. The highest BCUT2D eigenvalue weighted by atomic mass is 19.1. The SMILES string of the molecule is CN(CC(=O)Nc1cccc(F)c1)c1ccc(C=O)cc1[N+](=O)[O-]. The number of hydrogen-bond acceptors (Lipinski definition) is 5. The van der Waals surface area contributed by atoms with Gasteiger partial charge in [0.1, 0.15) is 17.8 Å². The zero-order valence-electron chi connectivity index (χ0n) is 12.7. The number of nitro benzene ring substituents is 1. The molecule has 124 valence electrons. The van der Waals surface area contributed by atoms with Crippen LogP contribution in [0.25, 0.3) is 0 Å². The Bertz CT molecular complexity index is 795. The van der Waals surface area contributed by atoms with Gasteiger partial charge < -0.3 is 10.2 Å². The van der Waals surface area contributed by atoms with Crippen molar-refractivity contribution in [3.63, 3.8) is 0 Å². The third-order valence-electron chi connectivity index (χ3n) is 3.23. The van der Waals surface area contributed by atoms with Crippen LogP contribution in [0, 0.1) is 15.9 Å². The Morgan fingerprint density at radius 1 is 1.33 bits per heavy atom. The van der Waals surface area contributed by atoms with Gasteiger partial charge in [0.25, 0.3) is 5.69 Å². The van der Waals surface area contributed by atoms with Gasteiger partial charge in [-0.1, -0.05) is 6.07 Å². The van der Waals surface area contributed by atoms with Crippen molar-refractivity contribution in [2.24, 2.45) is 0 Å². The van der Waals surface area contributed by atoms with E-state index in [1.165, 1.54) is 48.3 Å². The molecule has 0 atom stereocenters. The predicted molar refractivity (Wildman–Crippen MR) is 86.8 cm³/mol. The number of carbonyl (C=O) groups excluding carboxylic acids is 2. The topological polar surface area (TPSA) is 92.6 Å². The summed E-state index contributed by atoms with van der Waals surface area (Å²) in [4.78, 5) is 34.6. The van der Waals surface area contributed by atoms with Crippen LogP contribution in [0.4, 0.5) is 21.5 Å². The second-order valence-corrected chi connectivity index (χ2v) is 5.04. The number of benzene rings is 2. The van der Waals surface area contributed by atoms with Crippen LogP contribution in [0.5, 0.6) is 0 Å². The van der Waals surface area contributed by atoms with Gasteiger partial charge in [-0.25, -0.2) is 4.39 Å². The molecule has 1 amide bonds. The average molecular weight is 331 g/mol. The van der Waals surface area contributed by atoms with Crippen LogP contribution in [-0.4, -0.2) is 30.7 Å². The number of anilines is 2. The number of aldehydes is 1. The van der Waals surface area contributed by atoms with Crippen LogP contribution < -0.4 is 10.2 Å². The van der Waals surface area contributed by atoms with Gasteiger partial charge in [0.2, 0.25) is 5.91 Å². The van der Waals surface area contributed by atoms with Crippen molar-refractivity contribution in [2.45, 2.75) is 0 Å². The van der Waals surface area contributed by atoms with Gasteiger partial charge >= 0.3 is 0 Å². The second-order valence-electron chi connectivity index (χ2n) is 5.04. The second kappa shape index (κ2) is 7.32. The minimum Gasteiger partial charge on any atom is -0.360 e. The molecule has 0 heterocycles. The first-order valence-corrected chi connectivity index (χ1v) is 6.91. The predicted octanol–water partition coefficient (Wildman–Crippen LogP) is 2.62. The Labute approximate surface area is 136 Å². The van der Waals surface area contributed by atoms with Crippen molar-refractivity contribution in [2.75, 3.05) is 23.8 Å². The van der Waals surface area contributed by atoms with Gasteiger partial charge in [0, 0.05) is 24.4 Å². The van der Waals surface area contributed by atoms with Crippen LogP contribution in [0.1, 0.15) is 10.4 Å². The smallest absolute Gasteiger partial charge is 0.293 e. The maximum absolute atomic E-state index is 13.1. The summed E-state index contributed by atoms with van der Waals surface area (Å²) in [6.07, 6.45) is 0.507. The molecule has 2 aromatic rings. The summed E-state index contributed by atoms with van der Waals surface area (Å²) in [5, 5.41) is 13.6. The number of halogens is 1. The summed E-state index contributed by atoms with van der Waals surface area (Å²) in [5.74, 6) is -0.946. The highest BCUT2D eigenvalue weighted by Gasteiger charge is 2.19. The quantitative estimate of drug-likeness (QED) is 0.499. The molecule has 0 saturated carbocycles. The van der Waals surface area contributed by atoms with Crippen molar-refractivity contribution >= 4 is 29.3 Å². The van der Waals surface area contributed by atoms with Crippen LogP contribution in [0.2, 0.25) is 0 Å². The first-order valence-electron chi connectivity index (χ1n) is 6.91. The summed E-state index contributed by atoms with van der Waals surface area (Å²) in [6, 6.07) is 9.37. The minimum absolute atomic E-state index is 0.170. The normalized spacial score (nSPS) is 10.1. The molecule has 0 aliphatic heterocycles. The molecule has 0 aromatic heterocycles. The molecular weight excluding hydrogens is 317 g/mol. The molecule has 24 heavy (non-hydrogen) atoms. The number of nitro groups is 1. The minimum atomic E-state index is -0.622. The first-order chi connectivity index (χ1) is 11.4. The fourth-order valence-electron chi connectivity index (χ4n) is 2.15. The Kier molecular flexibility index (Phi) is 5.20. The van der Waals surface area contributed by atoms with Gasteiger partial charge in [-0.3, -0.25) is 19.7 Å². The van der Waals surface area contributed by atoms with Gasteiger partial charge in [-0.15, -0.1) is 0 Å². The van der Waals surface area contributed by atoms with Crippen LogP contribution in [0.3, 0.4) is 0 Å². The molecule has 0 bridgehead atoms. The number of nitrogens with one attached hydrogen (secondary N) is 1. The van der Waals surface area contributed by atoms with E-state index in [-0.39, 0.29) is 23.5 Å². The fraction of sp³-hybridized carbons (Fsp3) is 0.125. The van der Waals surface area contributed by atoms with Crippen LogP contribution >= 0.6 is 0 Å². The Morgan fingerprint density at radius 3 is 2.71 bits per heavy atom. The molecular formula is C16H14FN3O4. The maximum Gasteiger partial charge on any atom is 0.293 e. The molecule has 0 saturated heterocycles. The van der Waals surface area contributed by atoms with E-state index in [1.807, 2.05) is 0 Å². The fourth-order valence-corrected chi connectivity index (χ4v) is 2.15. The van der Waals surface area contributed by atoms with E-state index in [2.05, 4.69) is 5.32 Å². The number of nitrogens with zero attached hydrogens (tertiary/aromatic N) is 2. The largest absolute Gasteiger partial charge is 0.360 e. The molecule has 0 aliphatic rings. The molecule has 0 spiro atoms. The maximum atomic E-state index is 13.1. The van der Waals surface area contributed by atoms with E-state index in [0.717, 1.165) is 6.07 Å². The summed E-state index contributed by atoms with van der Waals surface area (Å²) >= 11 is 0. The van der Waals surface area contributed by atoms with E-state index in [4.69, 9.17) is 0 Å². The third kappa shape index (κ3) is 4.13. The summed E-state index contributed by atoms with van der Waals surface area (Å²) in [6.45, 7) is -0.183. The van der Waals surface area contributed by atoms with Crippen molar-refractivity contribution in [1.82, 2.24) is 0 Å². The van der Waals surface area contributed by atoms with Crippen molar-refractivity contribution < 1.29 is 18.9 Å². The molecule has 8 heteroatoms. The van der Waals surface area contributed by atoms with E-state index in [1.54, 1.807) is 0 Å². The lowest BCUT2D eigenvalue weighted by Gasteiger charge is -2.18. The molecule has 7 nitrogen and oxygen atoms in total.